The van der Waals surface area contributed by atoms with Crippen LogP contribution < -0.4 is 40.5 Å². The Labute approximate surface area is 394 Å². The highest BCUT2D eigenvalue weighted by Crippen LogP contribution is 2.37. The van der Waals surface area contributed by atoms with Gasteiger partial charge in [0.25, 0.3) is 23.6 Å². The number of hydrogen-bond donors (Lipinski definition) is 4. The van der Waals surface area contributed by atoms with Gasteiger partial charge in [0.05, 0.1) is 56.5 Å². The van der Waals surface area contributed by atoms with E-state index in [-0.39, 0.29) is 47.6 Å². The summed E-state index contributed by atoms with van der Waals surface area (Å²) in [5, 5.41) is 11.0. The second-order valence-electron chi connectivity index (χ2n) is 16.2. The molecular formula is C47H61N9O12. The number of aromatic nitrogens is 2. The largest absolute Gasteiger partial charge is 0.495 e. The molecule has 2 atom stereocenters. The molecular weight excluding hydrogens is 883 g/mol. The minimum atomic E-state index is -1.11. The first kappa shape index (κ1) is 50.7. The molecule has 0 saturated carbocycles. The van der Waals surface area contributed by atoms with Crippen molar-refractivity contribution in [2.24, 2.45) is 0 Å². The van der Waals surface area contributed by atoms with E-state index in [0.717, 1.165) is 24.2 Å². The van der Waals surface area contributed by atoms with Crippen molar-refractivity contribution in [3.8, 4) is 11.5 Å². The summed E-state index contributed by atoms with van der Waals surface area (Å²) >= 11 is 0. The van der Waals surface area contributed by atoms with Crippen LogP contribution in [0.1, 0.15) is 96.3 Å². The molecule has 1 unspecified atom stereocenters. The van der Waals surface area contributed by atoms with E-state index < -0.39 is 42.2 Å². The maximum atomic E-state index is 13.2. The van der Waals surface area contributed by atoms with E-state index >= 15 is 0 Å². The molecule has 1 fully saturated rings. The number of carbonyl (C=O) groups is 7. The summed E-state index contributed by atoms with van der Waals surface area (Å²) < 4.78 is 28.0. The lowest BCUT2D eigenvalue weighted by Gasteiger charge is -2.40. The molecule has 68 heavy (non-hydrogen) atoms. The van der Waals surface area contributed by atoms with E-state index in [1.807, 2.05) is 6.92 Å². The van der Waals surface area contributed by atoms with Gasteiger partial charge in [-0.25, -0.2) is 4.98 Å². The fraction of sp³-hybridized carbons (Fsp3) is 0.511. The molecule has 366 valence electrons. The van der Waals surface area contributed by atoms with Gasteiger partial charge in [-0.05, 0) is 62.4 Å². The molecule has 1 saturated heterocycles. The summed E-state index contributed by atoms with van der Waals surface area (Å²) in [5.74, 6) is -1.69. The van der Waals surface area contributed by atoms with Gasteiger partial charge in [-0.2, -0.15) is 4.98 Å². The molecule has 7 amide bonds. The highest BCUT2D eigenvalue weighted by atomic mass is 16.5. The third-order valence-electron chi connectivity index (χ3n) is 11.5. The van der Waals surface area contributed by atoms with Gasteiger partial charge >= 0.3 is 0 Å². The Morgan fingerprint density at radius 3 is 2.26 bits per heavy atom. The molecule has 0 aliphatic carbocycles. The standard InChI is InChI=1S/C47H61N9O12/c1-5-7-8-20-55-33(6-2)45(62)54(3)35-28-50-47(53-41(35)55)51-32-15-14-30(27-37(32)64-4)42(59)49-19-11-22-66-24-26-67-25-23-65-21-10-18-48-39(58)29-68-36-13-9-12-31-40(36)46(63)56(44(31)61)34-16-17-38(57)52-43(34)60/h9,12-15,27-28,33-34H,5-8,10-11,16-26,29H2,1-4H3,(H,48,58)(H,49,59)(H,50,51,53)(H,52,57,60)/t33-,34?/m1/s1. The van der Waals surface area contributed by atoms with Crippen LogP contribution in [0.5, 0.6) is 11.5 Å². The zero-order valence-electron chi connectivity index (χ0n) is 39.1. The van der Waals surface area contributed by atoms with Gasteiger partial charge in [-0.15, -0.1) is 0 Å². The zero-order valence-corrected chi connectivity index (χ0v) is 39.1. The fourth-order valence-electron chi connectivity index (χ4n) is 7.96. The Bertz CT molecular complexity index is 2310. The number of benzene rings is 2. The quantitative estimate of drug-likeness (QED) is 0.0633. The molecule has 6 rings (SSSR count). The van der Waals surface area contributed by atoms with Crippen molar-refractivity contribution in [2.45, 2.75) is 77.3 Å². The van der Waals surface area contributed by atoms with Crippen LogP contribution in [0.4, 0.5) is 23.1 Å². The Balaban J connectivity index is 0.797. The lowest BCUT2D eigenvalue weighted by Crippen LogP contribution is -2.54. The van der Waals surface area contributed by atoms with E-state index in [2.05, 4.69) is 38.1 Å². The fourth-order valence-corrected chi connectivity index (χ4v) is 7.96. The summed E-state index contributed by atoms with van der Waals surface area (Å²) in [6.45, 7) is 7.45. The number of fused-ring (bicyclic) bond motifs is 2. The number of hydrogen-bond acceptors (Lipinski definition) is 16. The number of nitrogens with zero attached hydrogens (tertiary/aromatic N) is 5. The Morgan fingerprint density at radius 2 is 1.57 bits per heavy atom. The topological polar surface area (TPSA) is 249 Å². The number of carbonyl (C=O) groups excluding carboxylic acids is 7. The molecule has 3 aliphatic rings. The maximum Gasteiger partial charge on any atom is 0.266 e. The van der Waals surface area contributed by atoms with Crippen LogP contribution in [0.15, 0.2) is 42.6 Å². The number of likely N-dealkylation sites (N-methyl/N-ethyl adjacent to an activating group) is 1. The molecule has 21 nitrogen and oxygen atoms in total. The van der Waals surface area contributed by atoms with Gasteiger partial charge in [-0.1, -0.05) is 32.8 Å². The number of amides is 7. The normalized spacial score (nSPS) is 16.6. The smallest absolute Gasteiger partial charge is 0.266 e. The first-order valence-corrected chi connectivity index (χ1v) is 23.1. The van der Waals surface area contributed by atoms with E-state index in [1.54, 1.807) is 36.3 Å². The SMILES string of the molecule is CCCCCN1c2nc(Nc3ccc(C(=O)NCCCOCCOCCOCCCNC(=O)COc4cccc5c4C(=O)N(C4CCC(=O)NC4=O)C5=O)cc3OC)ncc2N(C)C(=O)[C@H]1CC. The summed E-state index contributed by atoms with van der Waals surface area (Å²) in [6, 6.07) is 8.12. The summed E-state index contributed by atoms with van der Waals surface area (Å²) in [5.41, 5.74) is 1.70. The van der Waals surface area contributed by atoms with E-state index in [1.165, 1.54) is 25.3 Å². The number of rotatable bonds is 27. The molecule has 3 aliphatic heterocycles. The molecule has 4 heterocycles. The van der Waals surface area contributed by atoms with Gasteiger partial charge in [0.15, 0.2) is 12.4 Å². The molecule has 2 aromatic carbocycles. The molecule has 0 radical (unpaired) electrons. The number of imide groups is 2. The Hall–Kier alpha value is -6.71. The summed E-state index contributed by atoms with van der Waals surface area (Å²) in [6.07, 6.45) is 6.54. The van der Waals surface area contributed by atoms with Crippen molar-refractivity contribution in [3.05, 3.63) is 59.3 Å². The molecule has 1 aromatic heterocycles. The van der Waals surface area contributed by atoms with Crippen molar-refractivity contribution in [1.29, 1.82) is 0 Å². The van der Waals surface area contributed by atoms with Crippen molar-refractivity contribution < 1.29 is 57.2 Å². The van der Waals surface area contributed by atoms with Crippen LogP contribution in [0.25, 0.3) is 0 Å². The first-order chi connectivity index (χ1) is 33.0. The number of ether oxygens (including phenoxy) is 5. The minimum absolute atomic E-state index is 0.00445. The monoisotopic (exact) mass is 943 g/mol. The second kappa shape index (κ2) is 24.9. The Morgan fingerprint density at radius 1 is 0.853 bits per heavy atom. The summed E-state index contributed by atoms with van der Waals surface area (Å²) in [4.78, 5) is 102. The average Bonchev–Trinajstić information content (AvgIpc) is 3.59. The van der Waals surface area contributed by atoms with Crippen LogP contribution >= 0.6 is 0 Å². The lowest BCUT2D eigenvalue weighted by atomic mass is 10.0. The van der Waals surface area contributed by atoms with E-state index in [9.17, 15) is 33.6 Å². The number of anilines is 4. The van der Waals surface area contributed by atoms with E-state index in [4.69, 9.17) is 28.7 Å². The molecule has 21 heteroatoms. The lowest BCUT2D eigenvalue weighted by molar-refractivity contribution is -0.136. The highest BCUT2D eigenvalue weighted by Gasteiger charge is 2.46. The minimum Gasteiger partial charge on any atom is -0.495 e. The first-order valence-electron chi connectivity index (χ1n) is 23.1. The van der Waals surface area contributed by atoms with Gasteiger partial charge in [0.1, 0.15) is 29.3 Å². The van der Waals surface area contributed by atoms with Gasteiger partial charge in [0, 0.05) is 51.9 Å². The van der Waals surface area contributed by atoms with Crippen molar-refractivity contribution >= 4 is 64.5 Å². The van der Waals surface area contributed by atoms with Crippen molar-refractivity contribution in [1.82, 2.24) is 30.8 Å². The van der Waals surface area contributed by atoms with Crippen LogP contribution in [-0.4, -0.2) is 148 Å². The second-order valence-corrected chi connectivity index (χ2v) is 16.2. The molecule has 0 bridgehead atoms. The van der Waals surface area contributed by atoms with Gasteiger partial charge in [0.2, 0.25) is 23.7 Å². The van der Waals surface area contributed by atoms with Gasteiger partial charge < -0.3 is 49.4 Å². The number of unbranched alkanes of at least 4 members (excludes halogenated alkanes) is 2. The van der Waals surface area contributed by atoms with E-state index in [0.29, 0.717) is 113 Å². The van der Waals surface area contributed by atoms with Crippen LogP contribution in [0, 0.1) is 0 Å². The van der Waals surface area contributed by atoms with Crippen LogP contribution in [-0.2, 0) is 33.4 Å². The molecule has 3 aromatic rings. The zero-order chi connectivity index (χ0) is 48.6. The molecule has 4 N–H and O–H groups in total. The maximum absolute atomic E-state index is 13.2. The third-order valence-corrected chi connectivity index (χ3v) is 11.5. The third kappa shape index (κ3) is 12.6. The summed E-state index contributed by atoms with van der Waals surface area (Å²) in [7, 11) is 3.28. The van der Waals surface area contributed by atoms with Crippen LogP contribution in [0.2, 0.25) is 0 Å². The number of nitrogens with one attached hydrogen (secondary N) is 4. The average molecular weight is 944 g/mol. The predicted octanol–water partition coefficient (Wildman–Crippen LogP) is 3.14. The predicted molar refractivity (Wildman–Crippen MR) is 248 cm³/mol. The van der Waals surface area contributed by atoms with Gasteiger partial charge in [-0.3, -0.25) is 43.8 Å². The molecule has 0 spiro atoms. The Kier molecular flexibility index (Phi) is 18.6. The number of methoxy groups -OCH3 is 1. The van der Waals surface area contributed by atoms with Crippen molar-refractivity contribution in [2.75, 3.05) is 95.2 Å². The number of piperidine rings is 1. The highest BCUT2D eigenvalue weighted by molar-refractivity contribution is 6.24. The van der Waals surface area contributed by atoms with Crippen molar-refractivity contribution in [3.63, 3.8) is 0 Å². The van der Waals surface area contributed by atoms with Crippen LogP contribution in [0.3, 0.4) is 0 Å².